The minimum absolute atomic E-state index is 0.0305. The Morgan fingerprint density at radius 1 is 1.32 bits per heavy atom. The number of piperidine rings is 1. The number of nitrogens with zero attached hydrogens (tertiary/aromatic N) is 4. The van der Waals surface area contributed by atoms with Gasteiger partial charge in [-0.25, -0.2) is 9.97 Å². The zero-order chi connectivity index (χ0) is 17.6. The summed E-state index contributed by atoms with van der Waals surface area (Å²) in [6, 6.07) is 1.84. The maximum Gasteiger partial charge on any atom is 0.258 e. The zero-order valence-corrected chi connectivity index (χ0v) is 15.4. The van der Waals surface area contributed by atoms with E-state index in [4.69, 9.17) is 4.52 Å². The number of rotatable bonds is 2. The summed E-state index contributed by atoms with van der Waals surface area (Å²) in [7, 11) is 0. The monoisotopic (exact) mass is 356 g/mol. The Morgan fingerprint density at radius 3 is 2.76 bits per heavy atom. The Labute approximate surface area is 149 Å². The first-order valence-corrected chi connectivity index (χ1v) is 9.29. The van der Waals surface area contributed by atoms with E-state index in [0.717, 1.165) is 42.0 Å². The Morgan fingerprint density at radius 2 is 2.08 bits per heavy atom. The first-order valence-electron chi connectivity index (χ1n) is 8.41. The summed E-state index contributed by atoms with van der Waals surface area (Å²) < 4.78 is 5.25. The van der Waals surface area contributed by atoms with Crippen molar-refractivity contribution in [1.29, 1.82) is 0 Å². The number of carbonyl (C=O) groups excluding carboxylic acids is 1. The van der Waals surface area contributed by atoms with Gasteiger partial charge in [0.15, 0.2) is 0 Å². The van der Waals surface area contributed by atoms with Crippen LogP contribution in [0.15, 0.2) is 22.2 Å². The third-order valence-corrected chi connectivity index (χ3v) is 6.16. The normalized spacial score (nSPS) is 17.2. The molecule has 1 aliphatic rings. The summed E-state index contributed by atoms with van der Waals surface area (Å²) in [5, 5.41) is 7.87. The number of carbonyl (C=O) groups is 1. The Kier molecular flexibility index (Phi) is 3.83. The molecule has 0 saturated carbocycles. The molecule has 1 fully saturated rings. The van der Waals surface area contributed by atoms with Crippen LogP contribution in [-0.4, -0.2) is 39.0 Å². The van der Waals surface area contributed by atoms with Crippen molar-refractivity contribution >= 4 is 28.3 Å². The van der Waals surface area contributed by atoms with Crippen molar-refractivity contribution in [1.82, 2.24) is 20.0 Å². The predicted octanol–water partition coefficient (Wildman–Crippen LogP) is 3.49. The molecule has 6 nitrogen and oxygen atoms in total. The molecular formula is C18H20N4O2S. The van der Waals surface area contributed by atoms with Gasteiger partial charge in [0.05, 0.1) is 21.7 Å². The second-order valence-electron chi connectivity index (χ2n) is 6.95. The molecule has 0 aliphatic carbocycles. The van der Waals surface area contributed by atoms with Crippen molar-refractivity contribution in [3.8, 4) is 0 Å². The number of thiazole rings is 1. The average Bonchev–Trinajstić information content (AvgIpc) is 3.25. The van der Waals surface area contributed by atoms with Crippen LogP contribution in [0.2, 0.25) is 0 Å². The standard InChI is InChI=1S/C18H20N4O2S/c1-11-10-13(14-12(2)21-24-15(14)20-11)16(23)22-7-4-18(3,5-8-22)17-19-6-9-25-17/h6,9-10H,4-5,7-8H2,1-3H3. The van der Waals surface area contributed by atoms with Gasteiger partial charge in [-0.15, -0.1) is 11.3 Å². The molecule has 3 aromatic rings. The number of hydrogen-bond donors (Lipinski definition) is 0. The van der Waals surface area contributed by atoms with Gasteiger partial charge in [-0.1, -0.05) is 12.1 Å². The number of pyridine rings is 1. The van der Waals surface area contributed by atoms with Crippen LogP contribution in [0, 0.1) is 13.8 Å². The Bertz CT molecular complexity index is 924. The van der Waals surface area contributed by atoms with E-state index < -0.39 is 0 Å². The third-order valence-electron chi connectivity index (χ3n) is 5.08. The lowest BCUT2D eigenvalue weighted by molar-refractivity contribution is 0.0677. The molecular weight excluding hydrogens is 336 g/mol. The van der Waals surface area contributed by atoms with E-state index >= 15 is 0 Å². The quantitative estimate of drug-likeness (QED) is 0.703. The largest absolute Gasteiger partial charge is 0.339 e. The summed E-state index contributed by atoms with van der Waals surface area (Å²) in [4.78, 5) is 23.9. The van der Waals surface area contributed by atoms with Crippen molar-refractivity contribution < 1.29 is 9.32 Å². The molecule has 4 heterocycles. The fraction of sp³-hybridized carbons (Fsp3) is 0.444. The molecule has 0 spiro atoms. The molecule has 25 heavy (non-hydrogen) atoms. The van der Waals surface area contributed by atoms with Crippen LogP contribution in [0.3, 0.4) is 0 Å². The van der Waals surface area contributed by atoms with Crippen LogP contribution < -0.4 is 0 Å². The van der Waals surface area contributed by atoms with Gasteiger partial charge in [-0.05, 0) is 32.8 Å². The van der Waals surface area contributed by atoms with Crippen molar-refractivity contribution in [3.63, 3.8) is 0 Å². The SMILES string of the molecule is Cc1cc(C(=O)N2CCC(C)(c3nccs3)CC2)c2c(C)noc2n1. The second kappa shape index (κ2) is 5.91. The number of hydrogen-bond acceptors (Lipinski definition) is 6. The van der Waals surface area contributed by atoms with Crippen LogP contribution in [0.4, 0.5) is 0 Å². The van der Waals surface area contributed by atoms with Gasteiger partial charge in [-0.2, -0.15) is 0 Å². The highest BCUT2D eigenvalue weighted by atomic mass is 32.1. The number of aryl methyl sites for hydroxylation is 2. The van der Waals surface area contributed by atoms with Gasteiger partial charge >= 0.3 is 0 Å². The topological polar surface area (TPSA) is 72.1 Å². The minimum Gasteiger partial charge on any atom is -0.339 e. The summed E-state index contributed by atoms with van der Waals surface area (Å²) >= 11 is 1.70. The van der Waals surface area contributed by atoms with Gasteiger partial charge in [0.25, 0.3) is 11.6 Å². The molecule has 130 valence electrons. The van der Waals surface area contributed by atoms with Gasteiger partial charge in [0.2, 0.25) is 0 Å². The molecule has 3 aromatic heterocycles. The lowest BCUT2D eigenvalue weighted by atomic mass is 9.81. The lowest BCUT2D eigenvalue weighted by Crippen LogP contribution is -2.44. The summed E-state index contributed by atoms with van der Waals surface area (Å²) in [5.74, 6) is 0.0305. The average molecular weight is 356 g/mol. The van der Waals surface area contributed by atoms with Gasteiger partial charge in [-0.3, -0.25) is 4.79 Å². The summed E-state index contributed by atoms with van der Waals surface area (Å²) in [6.45, 7) is 7.40. The van der Waals surface area contributed by atoms with Gasteiger partial charge in [0, 0.05) is 35.8 Å². The first-order chi connectivity index (χ1) is 12.0. The van der Waals surface area contributed by atoms with Crippen LogP contribution in [0.1, 0.15) is 46.5 Å². The number of amides is 1. The van der Waals surface area contributed by atoms with Gasteiger partial charge < -0.3 is 9.42 Å². The maximum absolute atomic E-state index is 13.1. The first kappa shape index (κ1) is 16.2. The molecule has 0 N–H and O–H groups in total. The second-order valence-corrected chi connectivity index (χ2v) is 7.84. The van der Waals surface area contributed by atoms with E-state index in [1.165, 1.54) is 0 Å². The van der Waals surface area contributed by atoms with Crippen molar-refractivity contribution in [3.05, 3.63) is 39.6 Å². The molecule has 1 amide bonds. The third kappa shape index (κ3) is 2.72. The van der Waals surface area contributed by atoms with E-state index in [9.17, 15) is 4.79 Å². The summed E-state index contributed by atoms with van der Waals surface area (Å²) in [5.41, 5.74) is 2.60. The van der Waals surface area contributed by atoms with Gasteiger partial charge in [0.1, 0.15) is 0 Å². The van der Waals surface area contributed by atoms with E-state index in [1.807, 2.05) is 36.4 Å². The Hall–Kier alpha value is -2.28. The van der Waals surface area contributed by atoms with Crippen molar-refractivity contribution in [2.75, 3.05) is 13.1 Å². The highest BCUT2D eigenvalue weighted by Crippen LogP contribution is 2.36. The number of fused-ring (bicyclic) bond motifs is 1. The molecule has 0 aromatic carbocycles. The lowest BCUT2D eigenvalue weighted by Gasteiger charge is -2.38. The predicted molar refractivity (Wildman–Crippen MR) is 95.9 cm³/mol. The maximum atomic E-state index is 13.1. The van der Waals surface area contributed by atoms with Crippen LogP contribution in [0.5, 0.6) is 0 Å². The molecule has 0 bridgehead atoms. The Balaban J connectivity index is 1.60. The van der Waals surface area contributed by atoms with E-state index in [2.05, 4.69) is 22.0 Å². The highest BCUT2D eigenvalue weighted by Gasteiger charge is 2.36. The molecule has 1 saturated heterocycles. The smallest absolute Gasteiger partial charge is 0.258 e. The number of likely N-dealkylation sites (tertiary alicyclic amines) is 1. The molecule has 0 atom stereocenters. The van der Waals surface area contributed by atoms with Crippen LogP contribution in [0.25, 0.3) is 11.1 Å². The van der Waals surface area contributed by atoms with E-state index in [1.54, 1.807) is 11.3 Å². The van der Waals surface area contributed by atoms with E-state index in [0.29, 0.717) is 17.0 Å². The summed E-state index contributed by atoms with van der Waals surface area (Å²) in [6.07, 6.45) is 3.69. The zero-order valence-electron chi connectivity index (χ0n) is 14.6. The van der Waals surface area contributed by atoms with Crippen LogP contribution in [-0.2, 0) is 5.41 Å². The fourth-order valence-electron chi connectivity index (χ4n) is 3.50. The van der Waals surface area contributed by atoms with Crippen molar-refractivity contribution in [2.45, 2.75) is 39.0 Å². The molecule has 0 radical (unpaired) electrons. The van der Waals surface area contributed by atoms with Crippen LogP contribution >= 0.6 is 11.3 Å². The van der Waals surface area contributed by atoms with Crippen molar-refractivity contribution in [2.24, 2.45) is 0 Å². The van der Waals surface area contributed by atoms with E-state index in [-0.39, 0.29) is 11.3 Å². The molecule has 1 aliphatic heterocycles. The fourth-order valence-corrected chi connectivity index (χ4v) is 4.36. The molecule has 4 rings (SSSR count). The molecule has 7 heteroatoms. The minimum atomic E-state index is 0.0305. The molecule has 0 unspecified atom stereocenters. The highest BCUT2D eigenvalue weighted by molar-refractivity contribution is 7.09. The number of aromatic nitrogens is 3.